The van der Waals surface area contributed by atoms with E-state index in [1.807, 2.05) is 29.3 Å². The molecular weight excluding hydrogens is 432 g/mol. The van der Waals surface area contributed by atoms with E-state index in [0.717, 1.165) is 29.6 Å². The summed E-state index contributed by atoms with van der Waals surface area (Å²) in [5.41, 5.74) is 8.70. The van der Waals surface area contributed by atoms with Crippen molar-refractivity contribution in [1.82, 2.24) is 29.3 Å². The molecule has 0 atom stereocenters. The van der Waals surface area contributed by atoms with Crippen molar-refractivity contribution in [3.8, 4) is 11.3 Å². The van der Waals surface area contributed by atoms with Crippen molar-refractivity contribution in [2.75, 3.05) is 13.1 Å². The van der Waals surface area contributed by atoms with Gasteiger partial charge >= 0.3 is 0 Å². The molecule has 10 heteroatoms. The summed E-state index contributed by atoms with van der Waals surface area (Å²) in [5, 5.41) is 19.0. The highest BCUT2D eigenvalue weighted by atomic mass is 16.3. The predicted octanol–water partition coefficient (Wildman–Crippen LogP) is 2.06. The van der Waals surface area contributed by atoms with Crippen LogP contribution in [0.5, 0.6) is 0 Å². The van der Waals surface area contributed by atoms with E-state index < -0.39 is 5.60 Å². The standard InChI is InChI=1S/C24H30N8O2/c1-3-19(4-2)31-12-17(11-28-31)22-21-5-8-27-32(21)15-20(29-22)16(9-25)10-26-18-13-30(14-18)23(33)24(34)6-7-24/h5,8-12,15,18-19,34H,3-4,6-7,13-14,25H2,1-2H3. The topological polar surface area (TPSA) is 127 Å². The van der Waals surface area contributed by atoms with Gasteiger partial charge in [-0.3, -0.25) is 14.5 Å². The van der Waals surface area contributed by atoms with Gasteiger partial charge in [0.1, 0.15) is 5.60 Å². The SMILES string of the molecule is CCC(CC)n1cc(-c2nc(C(C=NC3CN(C(=O)C4(O)CC4)C3)=CN)cn3nccc23)cn1. The van der Waals surface area contributed by atoms with Crippen LogP contribution in [0.4, 0.5) is 0 Å². The number of rotatable bonds is 8. The molecule has 1 saturated heterocycles. The third kappa shape index (κ3) is 3.98. The average Bonchev–Trinajstić information content (AvgIpc) is 3.19. The number of likely N-dealkylation sites (tertiary alicyclic amines) is 1. The maximum atomic E-state index is 12.2. The monoisotopic (exact) mass is 462 g/mol. The van der Waals surface area contributed by atoms with Crippen LogP contribution in [0.15, 0.2) is 42.0 Å². The lowest BCUT2D eigenvalue weighted by Crippen LogP contribution is -2.56. The molecular formula is C24H30N8O2. The minimum atomic E-state index is -1.13. The molecule has 1 amide bonds. The van der Waals surface area contributed by atoms with E-state index in [9.17, 15) is 9.90 Å². The Morgan fingerprint density at radius 2 is 2.06 bits per heavy atom. The molecule has 1 saturated carbocycles. The first-order valence-corrected chi connectivity index (χ1v) is 11.8. The van der Waals surface area contributed by atoms with Gasteiger partial charge in [-0.2, -0.15) is 10.2 Å². The number of nitrogens with two attached hydrogens (primary N) is 1. The van der Waals surface area contributed by atoms with Crippen LogP contribution in [-0.4, -0.2) is 71.2 Å². The summed E-state index contributed by atoms with van der Waals surface area (Å²) in [6.45, 7) is 5.32. The molecule has 0 bridgehead atoms. The Hall–Kier alpha value is -3.53. The zero-order valence-corrected chi connectivity index (χ0v) is 19.5. The van der Waals surface area contributed by atoms with E-state index in [0.29, 0.717) is 43.2 Å². The molecule has 10 nitrogen and oxygen atoms in total. The summed E-state index contributed by atoms with van der Waals surface area (Å²) in [6, 6.07) is 2.25. The van der Waals surface area contributed by atoms with Crippen LogP contribution in [0.2, 0.25) is 0 Å². The average molecular weight is 463 g/mol. The first kappa shape index (κ1) is 22.3. The first-order chi connectivity index (χ1) is 16.5. The Morgan fingerprint density at radius 1 is 1.29 bits per heavy atom. The van der Waals surface area contributed by atoms with Crippen molar-refractivity contribution in [3.63, 3.8) is 0 Å². The number of aromatic nitrogens is 5. The third-order valence-electron chi connectivity index (χ3n) is 6.75. The zero-order valence-electron chi connectivity index (χ0n) is 19.5. The summed E-state index contributed by atoms with van der Waals surface area (Å²) in [5.74, 6) is -0.182. The van der Waals surface area contributed by atoms with Crippen LogP contribution in [0.25, 0.3) is 22.3 Å². The molecule has 0 aromatic carbocycles. The molecule has 0 radical (unpaired) electrons. The van der Waals surface area contributed by atoms with Crippen molar-refractivity contribution >= 4 is 23.2 Å². The van der Waals surface area contributed by atoms with Gasteiger partial charge in [0.25, 0.3) is 5.91 Å². The van der Waals surface area contributed by atoms with Gasteiger partial charge in [-0.1, -0.05) is 13.8 Å². The van der Waals surface area contributed by atoms with E-state index in [2.05, 4.69) is 29.0 Å². The number of hydrogen-bond acceptors (Lipinski definition) is 7. The predicted molar refractivity (Wildman–Crippen MR) is 129 cm³/mol. The van der Waals surface area contributed by atoms with E-state index >= 15 is 0 Å². The van der Waals surface area contributed by atoms with Crippen molar-refractivity contribution in [2.45, 2.75) is 57.2 Å². The molecule has 3 aromatic heterocycles. The Kier molecular flexibility index (Phi) is 5.68. The maximum Gasteiger partial charge on any atom is 0.254 e. The first-order valence-electron chi connectivity index (χ1n) is 11.8. The Balaban J connectivity index is 1.37. The van der Waals surface area contributed by atoms with Gasteiger partial charge in [0.15, 0.2) is 0 Å². The van der Waals surface area contributed by atoms with E-state index in [4.69, 9.17) is 10.7 Å². The van der Waals surface area contributed by atoms with Gasteiger partial charge in [0.2, 0.25) is 0 Å². The second kappa shape index (κ2) is 8.68. The van der Waals surface area contributed by atoms with E-state index in [1.165, 1.54) is 6.20 Å². The van der Waals surface area contributed by atoms with E-state index in [-0.39, 0.29) is 11.9 Å². The lowest BCUT2D eigenvalue weighted by molar-refractivity contribution is -0.146. The van der Waals surface area contributed by atoms with Crippen LogP contribution in [0.3, 0.4) is 0 Å². The minimum absolute atomic E-state index is 0.0209. The van der Waals surface area contributed by atoms with Crippen LogP contribution in [0, 0.1) is 0 Å². The zero-order chi connectivity index (χ0) is 23.9. The Labute approximate surface area is 197 Å². The second-order valence-electron chi connectivity index (χ2n) is 9.11. The van der Waals surface area contributed by atoms with Gasteiger partial charge in [-0.15, -0.1) is 0 Å². The van der Waals surface area contributed by atoms with Gasteiger partial charge in [-0.25, -0.2) is 9.50 Å². The number of allylic oxidation sites excluding steroid dienone is 1. The minimum Gasteiger partial charge on any atom is -0.404 e. The highest BCUT2D eigenvalue weighted by Crippen LogP contribution is 2.38. The third-order valence-corrected chi connectivity index (χ3v) is 6.75. The molecule has 1 aliphatic heterocycles. The van der Waals surface area contributed by atoms with Gasteiger partial charge < -0.3 is 15.7 Å². The molecule has 0 unspecified atom stereocenters. The lowest BCUT2D eigenvalue weighted by Gasteiger charge is -2.38. The molecule has 2 fully saturated rings. The fraction of sp³-hybridized carbons (Fsp3) is 0.458. The quantitative estimate of drug-likeness (QED) is 0.494. The fourth-order valence-electron chi connectivity index (χ4n) is 4.32. The molecule has 178 valence electrons. The summed E-state index contributed by atoms with van der Waals surface area (Å²) in [7, 11) is 0. The molecule has 1 aliphatic carbocycles. The summed E-state index contributed by atoms with van der Waals surface area (Å²) < 4.78 is 3.78. The van der Waals surface area contributed by atoms with E-state index in [1.54, 1.807) is 21.8 Å². The Morgan fingerprint density at radius 3 is 2.74 bits per heavy atom. The number of carbonyl (C=O) groups is 1. The lowest BCUT2D eigenvalue weighted by atomic mass is 10.1. The highest BCUT2D eigenvalue weighted by Gasteiger charge is 2.52. The summed E-state index contributed by atoms with van der Waals surface area (Å²) in [4.78, 5) is 23.3. The van der Waals surface area contributed by atoms with Gasteiger partial charge in [-0.05, 0) is 31.7 Å². The molecule has 34 heavy (non-hydrogen) atoms. The fourth-order valence-corrected chi connectivity index (χ4v) is 4.32. The number of amides is 1. The van der Waals surface area contributed by atoms with Crippen molar-refractivity contribution in [1.29, 1.82) is 0 Å². The summed E-state index contributed by atoms with van der Waals surface area (Å²) >= 11 is 0. The van der Waals surface area contributed by atoms with Gasteiger partial charge in [0, 0.05) is 42.8 Å². The summed E-state index contributed by atoms with van der Waals surface area (Å²) in [6.07, 6.45) is 13.7. The number of aliphatic imine (C=N–C) groups is 1. The number of hydrogen-bond donors (Lipinski definition) is 2. The van der Waals surface area contributed by atoms with Crippen LogP contribution >= 0.6 is 0 Å². The maximum absolute atomic E-state index is 12.2. The Bertz CT molecular complexity index is 1260. The largest absolute Gasteiger partial charge is 0.404 e. The van der Waals surface area contributed by atoms with Crippen LogP contribution in [-0.2, 0) is 4.79 Å². The van der Waals surface area contributed by atoms with Crippen molar-refractivity contribution in [3.05, 3.63) is 42.7 Å². The second-order valence-corrected chi connectivity index (χ2v) is 9.11. The normalized spacial score (nSPS) is 18.2. The molecule has 2 aliphatic rings. The number of aliphatic hydroxyl groups is 1. The van der Waals surface area contributed by atoms with Gasteiger partial charge in [0.05, 0.1) is 47.6 Å². The number of carbonyl (C=O) groups excluding carboxylic acids is 1. The molecule has 3 aromatic rings. The molecule has 5 rings (SSSR count). The number of nitrogens with zero attached hydrogens (tertiary/aromatic N) is 7. The van der Waals surface area contributed by atoms with Crippen LogP contribution in [0.1, 0.15) is 51.3 Å². The van der Waals surface area contributed by atoms with Crippen LogP contribution < -0.4 is 5.73 Å². The highest BCUT2D eigenvalue weighted by molar-refractivity contribution is 6.09. The molecule has 3 N–H and O–H groups in total. The number of fused-ring (bicyclic) bond motifs is 1. The molecule has 0 spiro atoms. The smallest absolute Gasteiger partial charge is 0.254 e. The molecule has 4 heterocycles. The van der Waals surface area contributed by atoms with Crippen molar-refractivity contribution < 1.29 is 9.90 Å². The van der Waals surface area contributed by atoms with Crippen molar-refractivity contribution in [2.24, 2.45) is 10.7 Å².